The van der Waals surface area contributed by atoms with Crippen molar-refractivity contribution in [2.45, 2.75) is 38.6 Å². The molecule has 2 heterocycles. The Kier molecular flexibility index (Phi) is 3.16. The first-order valence-corrected chi connectivity index (χ1v) is 7.83. The van der Waals surface area contributed by atoms with Gasteiger partial charge in [0.1, 0.15) is 0 Å². The first kappa shape index (κ1) is 14.0. The fourth-order valence-corrected chi connectivity index (χ4v) is 4.05. The first-order valence-electron chi connectivity index (χ1n) is 6.01. The molecule has 1 aliphatic rings. The number of rotatable bonds is 2. The van der Waals surface area contributed by atoms with Gasteiger partial charge in [-0.3, -0.25) is 0 Å². The second-order valence-corrected chi connectivity index (χ2v) is 8.07. The van der Waals surface area contributed by atoms with Crippen LogP contribution in [0.5, 0.6) is 0 Å². The van der Waals surface area contributed by atoms with E-state index in [0.717, 1.165) is 0 Å². The highest BCUT2D eigenvalue weighted by Crippen LogP contribution is 2.31. The van der Waals surface area contributed by atoms with Crippen molar-refractivity contribution in [1.29, 1.82) is 0 Å². The number of carboxylic acid groups (broad SMARTS) is 1. The summed E-state index contributed by atoms with van der Waals surface area (Å²) in [6, 6.07) is -0.320. The molecule has 19 heavy (non-hydrogen) atoms. The molecule has 1 aromatic heterocycles. The van der Waals surface area contributed by atoms with Crippen molar-refractivity contribution < 1.29 is 18.3 Å². The smallest absolute Gasteiger partial charge is 0.358 e. The molecule has 7 nitrogen and oxygen atoms in total. The van der Waals surface area contributed by atoms with Crippen LogP contribution in [0, 0.1) is 0 Å². The number of carboxylic acids is 1. The maximum Gasteiger partial charge on any atom is 0.358 e. The molecule has 1 saturated heterocycles. The van der Waals surface area contributed by atoms with E-state index in [2.05, 4.69) is 10.3 Å². The summed E-state index contributed by atoms with van der Waals surface area (Å²) >= 11 is 0. The van der Waals surface area contributed by atoms with E-state index in [-0.39, 0.29) is 23.2 Å². The molecule has 1 fully saturated rings. The lowest BCUT2D eigenvalue weighted by atomic mass is 9.90. The van der Waals surface area contributed by atoms with Gasteiger partial charge >= 0.3 is 5.97 Å². The summed E-state index contributed by atoms with van der Waals surface area (Å²) in [5, 5.41) is 16.7. The largest absolute Gasteiger partial charge is 0.476 e. The monoisotopic (exact) mass is 287 g/mol. The van der Waals surface area contributed by atoms with Crippen LogP contribution in [-0.4, -0.2) is 46.0 Å². The Labute approximate surface area is 111 Å². The Morgan fingerprint density at radius 1 is 1.42 bits per heavy atom. The minimum Gasteiger partial charge on any atom is -0.476 e. The third kappa shape index (κ3) is 2.63. The summed E-state index contributed by atoms with van der Waals surface area (Å²) in [6.07, 6.45) is 0.452. The van der Waals surface area contributed by atoms with Crippen LogP contribution in [0.1, 0.15) is 49.4 Å². The Hall–Kier alpha value is -1.44. The molecule has 0 amide bonds. The van der Waals surface area contributed by atoms with E-state index in [9.17, 15) is 13.2 Å². The van der Waals surface area contributed by atoms with Gasteiger partial charge in [-0.2, -0.15) is 0 Å². The number of carbonyl (C=O) groups is 1. The van der Waals surface area contributed by atoms with Crippen LogP contribution in [0.25, 0.3) is 0 Å². The first-order chi connectivity index (χ1) is 8.62. The molecule has 0 aliphatic carbocycles. The van der Waals surface area contributed by atoms with Crippen molar-refractivity contribution in [1.82, 2.24) is 15.0 Å². The molecule has 0 bridgehead atoms. The highest BCUT2D eigenvalue weighted by Gasteiger charge is 2.36. The van der Waals surface area contributed by atoms with Crippen molar-refractivity contribution in [3.05, 3.63) is 11.4 Å². The van der Waals surface area contributed by atoms with E-state index in [1.807, 2.05) is 20.8 Å². The maximum absolute atomic E-state index is 11.5. The van der Waals surface area contributed by atoms with Gasteiger partial charge in [-0.05, 0) is 6.42 Å². The Balaban J connectivity index is 2.51. The van der Waals surface area contributed by atoms with E-state index in [4.69, 9.17) is 5.11 Å². The zero-order valence-corrected chi connectivity index (χ0v) is 11.9. The SMILES string of the molecule is CC(C)(C)c1c(C(=O)O)nnn1C1CCS(=O)(=O)C1. The van der Waals surface area contributed by atoms with Gasteiger partial charge < -0.3 is 5.11 Å². The minimum absolute atomic E-state index is 0.00149. The number of hydrogen-bond donors (Lipinski definition) is 1. The molecule has 1 aromatic rings. The lowest BCUT2D eigenvalue weighted by molar-refractivity contribution is 0.0687. The van der Waals surface area contributed by atoms with Crippen LogP contribution in [0.3, 0.4) is 0 Å². The van der Waals surface area contributed by atoms with E-state index in [1.54, 1.807) is 0 Å². The number of hydrogen-bond acceptors (Lipinski definition) is 5. The molecule has 0 radical (unpaired) electrons. The predicted molar refractivity (Wildman–Crippen MR) is 68.0 cm³/mol. The summed E-state index contributed by atoms with van der Waals surface area (Å²) in [6.45, 7) is 5.58. The molecule has 2 rings (SSSR count). The van der Waals surface area contributed by atoms with Gasteiger partial charge in [0, 0.05) is 5.41 Å². The van der Waals surface area contributed by atoms with E-state index in [1.165, 1.54) is 4.68 Å². The molecule has 1 unspecified atom stereocenters. The van der Waals surface area contributed by atoms with Gasteiger partial charge in [-0.1, -0.05) is 26.0 Å². The van der Waals surface area contributed by atoms with Gasteiger partial charge in [0.25, 0.3) is 0 Å². The van der Waals surface area contributed by atoms with Crippen LogP contribution in [0.2, 0.25) is 0 Å². The molecule has 0 saturated carbocycles. The van der Waals surface area contributed by atoms with Gasteiger partial charge in [-0.25, -0.2) is 17.9 Å². The summed E-state index contributed by atoms with van der Waals surface area (Å²) in [5.74, 6) is -1.03. The summed E-state index contributed by atoms with van der Waals surface area (Å²) in [7, 11) is -3.05. The Morgan fingerprint density at radius 3 is 2.47 bits per heavy atom. The summed E-state index contributed by atoms with van der Waals surface area (Å²) in [4.78, 5) is 11.2. The van der Waals surface area contributed by atoms with Crippen molar-refractivity contribution in [2.24, 2.45) is 0 Å². The van der Waals surface area contributed by atoms with Crippen LogP contribution >= 0.6 is 0 Å². The van der Waals surface area contributed by atoms with Crippen LogP contribution in [0.15, 0.2) is 0 Å². The zero-order valence-electron chi connectivity index (χ0n) is 11.1. The van der Waals surface area contributed by atoms with Gasteiger partial charge in [-0.15, -0.1) is 5.10 Å². The van der Waals surface area contributed by atoms with Crippen LogP contribution < -0.4 is 0 Å². The van der Waals surface area contributed by atoms with Crippen molar-refractivity contribution in [3.63, 3.8) is 0 Å². The summed E-state index contributed by atoms with van der Waals surface area (Å²) in [5.41, 5.74) is -0.0947. The molecule has 106 valence electrons. The molecule has 8 heteroatoms. The lowest BCUT2D eigenvalue weighted by Gasteiger charge is -2.22. The average molecular weight is 287 g/mol. The Bertz CT molecular complexity index is 612. The maximum atomic E-state index is 11.5. The quantitative estimate of drug-likeness (QED) is 0.856. The second-order valence-electron chi connectivity index (χ2n) is 5.84. The third-order valence-electron chi connectivity index (χ3n) is 3.16. The molecule has 0 spiro atoms. The number of aromatic carboxylic acids is 1. The van der Waals surface area contributed by atoms with Crippen molar-refractivity contribution in [2.75, 3.05) is 11.5 Å². The molecule has 1 N–H and O–H groups in total. The highest BCUT2D eigenvalue weighted by atomic mass is 32.2. The van der Waals surface area contributed by atoms with E-state index in [0.29, 0.717) is 12.1 Å². The number of aromatic nitrogens is 3. The molecular weight excluding hydrogens is 270 g/mol. The van der Waals surface area contributed by atoms with Gasteiger partial charge in [0.05, 0.1) is 23.2 Å². The van der Waals surface area contributed by atoms with Gasteiger partial charge in [0.15, 0.2) is 15.5 Å². The molecule has 1 atom stereocenters. The second kappa shape index (κ2) is 4.29. The van der Waals surface area contributed by atoms with E-state index >= 15 is 0 Å². The minimum atomic E-state index is -3.05. The number of sulfone groups is 1. The van der Waals surface area contributed by atoms with Crippen molar-refractivity contribution in [3.8, 4) is 0 Å². The number of nitrogens with zero attached hydrogens (tertiary/aromatic N) is 3. The predicted octanol–water partition coefficient (Wildman–Crippen LogP) is 0.633. The topological polar surface area (TPSA) is 102 Å². The summed E-state index contributed by atoms with van der Waals surface area (Å²) < 4.78 is 24.6. The average Bonchev–Trinajstić information content (AvgIpc) is 2.79. The zero-order chi connectivity index (χ0) is 14.4. The fourth-order valence-electron chi connectivity index (χ4n) is 2.36. The van der Waals surface area contributed by atoms with E-state index < -0.39 is 21.2 Å². The lowest BCUT2D eigenvalue weighted by Crippen LogP contribution is -2.25. The van der Waals surface area contributed by atoms with Crippen LogP contribution in [0.4, 0.5) is 0 Å². The van der Waals surface area contributed by atoms with Crippen LogP contribution in [-0.2, 0) is 15.3 Å². The Morgan fingerprint density at radius 2 is 2.05 bits per heavy atom. The standard InChI is InChI=1S/C11H17N3O4S/c1-11(2,3)9-8(10(15)16)12-13-14(9)7-4-5-19(17,18)6-7/h7H,4-6H2,1-3H3,(H,15,16). The molecular formula is C11H17N3O4S. The fraction of sp³-hybridized carbons (Fsp3) is 0.727. The third-order valence-corrected chi connectivity index (χ3v) is 4.91. The van der Waals surface area contributed by atoms with Gasteiger partial charge in [0.2, 0.25) is 0 Å². The van der Waals surface area contributed by atoms with Crippen molar-refractivity contribution >= 4 is 15.8 Å². The molecule has 1 aliphatic heterocycles. The normalized spacial score (nSPS) is 22.6. The molecule has 0 aromatic carbocycles. The highest BCUT2D eigenvalue weighted by molar-refractivity contribution is 7.91.